The molecule has 1 fully saturated rings. The van der Waals surface area contributed by atoms with Crippen LogP contribution in [0.2, 0.25) is 0 Å². The number of rotatable bonds is 11. The fourth-order valence-corrected chi connectivity index (χ4v) is 5.53. The lowest BCUT2D eigenvalue weighted by Gasteiger charge is -2.34. The average molecular weight is 679 g/mol. The number of aromatic carboxylic acids is 1. The number of hydrazine groups is 1. The molecule has 0 bridgehead atoms. The van der Waals surface area contributed by atoms with E-state index in [2.05, 4.69) is 32.3 Å². The topological polar surface area (TPSA) is 99.2 Å². The fraction of sp³-hybridized carbons (Fsp3) is 0.206. The first-order chi connectivity index (χ1) is 20.9. The van der Waals surface area contributed by atoms with Crippen LogP contribution in [-0.4, -0.2) is 40.9 Å². The van der Waals surface area contributed by atoms with Gasteiger partial charge in [0.25, 0.3) is 0 Å². The molecule has 2 N–H and O–H groups in total. The zero-order valence-electron chi connectivity index (χ0n) is 23.9. The van der Waals surface area contributed by atoms with E-state index >= 15 is 0 Å². The van der Waals surface area contributed by atoms with Crippen molar-refractivity contribution in [1.82, 2.24) is 5.43 Å². The van der Waals surface area contributed by atoms with Gasteiger partial charge in [0.2, 0.25) is 5.91 Å². The highest BCUT2D eigenvalue weighted by molar-refractivity contribution is 9.09. The zero-order valence-corrected chi connectivity index (χ0v) is 26.3. The van der Waals surface area contributed by atoms with Gasteiger partial charge in [0.15, 0.2) is 10.8 Å². The Kier molecular flexibility index (Phi) is 11.4. The number of hydrogen-bond donors (Lipinski definition) is 2. The summed E-state index contributed by atoms with van der Waals surface area (Å²) in [5.41, 5.74) is 6.87. The normalized spacial score (nSPS) is 13.2. The third kappa shape index (κ3) is 8.18. The molecule has 0 spiro atoms. The van der Waals surface area contributed by atoms with Gasteiger partial charge in [-0.1, -0.05) is 42.5 Å². The zero-order chi connectivity index (χ0) is 30.2. The molecular weight excluding hydrogens is 646 g/mol. The number of carboxylic acids is 1. The average Bonchev–Trinajstić information content (AvgIpc) is 3.04. The summed E-state index contributed by atoms with van der Waals surface area (Å²) in [7, 11) is 0. The van der Waals surface area contributed by atoms with Gasteiger partial charge in [0.05, 0.1) is 29.0 Å². The molecule has 1 heterocycles. The molecule has 1 saturated heterocycles. The van der Waals surface area contributed by atoms with Crippen LogP contribution in [0.3, 0.4) is 0 Å². The van der Waals surface area contributed by atoms with Crippen molar-refractivity contribution in [1.29, 1.82) is 0 Å². The van der Waals surface area contributed by atoms with Gasteiger partial charge in [-0.3, -0.25) is 20.0 Å². The Morgan fingerprint density at radius 3 is 2.05 bits per heavy atom. The molecule has 4 aromatic rings. The number of nitrogens with zero attached hydrogens (tertiary/aromatic N) is 2. The number of carboxylic acid groups (broad SMARTS) is 1. The lowest BCUT2D eigenvalue weighted by atomic mass is 10.0. The molecule has 1 aliphatic rings. The van der Waals surface area contributed by atoms with E-state index < -0.39 is 11.0 Å². The second kappa shape index (κ2) is 15.4. The third-order valence-corrected chi connectivity index (χ3v) is 7.70. The molecule has 4 aromatic carbocycles. The first-order valence-corrected chi connectivity index (χ1v) is 15.1. The quantitative estimate of drug-likeness (QED) is 0.0970. The maximum absolute atomic E-state index is 13.4. The molecule has 44 heavy (non-hydrogen) atoms. The van der Waals surface area contributed by atoms with Crippen LogP contribution in [0.5, 0.6) is 5.75 Å². The molecule has 0 aromatic heterocycles. The van der Waals surface area contributed by atoms with Crippen LogP contribution >= 0.6 is 28.3 Å². The monoisotopic (exact) mass is 677 g/mol. The molecular formula is C34H33BrClN3O5. The van der Waals surface area contributed by atoms with Crippen LogP contribution in [0, 0.1) is 0 Å². The first-order valence-electron chi connectivity index (χ1n) is 14.2. The van der Waals surface area contributed by atoms with Gasteiger partial charge in [0.1, 0.15) is 5.75 Å². The first kappa shape index (κ1) is 32.6. The maximum Gasteiger partial charge on any atom is 0.335 e. The van der Waals surface area contributed by atoms with Crippen molar-refractivity contribution in [2.24, 2.45) is 0 Å². The van der Waals surface area contributed by atoms with Crippen molar-refractivity contribution in [2.45, 2.75) is 30.7 Å². The van der Waals surface area contributed by atoms with E-state index in [-0.39, 0.29) is 36.1 Å². The number of alkyl halides is 1. The number of halogens is 2. The van der Waals surface area contributed by atoms with Crippen molar-refractivity contribution in [3.8, 4) is 5.75 Å². The Balaban J connectivity index is 0.00000442. The molecule has 0 aliphatic carbocycles. The van der Waals surface area contributed by atoms with Crippen molar-refractivity contribution in [3.05, 3.63) is 120 Å². The van der Waals surface area contributed by atoms with Crippen molar-refractivity contribution in [3.63, 3.8) is 0 Å². The smallest absolute Gasteiger partial charge is 0.335 e. The standard InChI is InChI=1S/C34H32BrN3O5.ClH/c35-31(43-28-19-15-26(16-20-28)34(41)42)23-32(39)36-38(30-12-6-5-11-29(30)37-21-7-2-8-22-37)27-17-13-25(14-18-27)33(40)24-9-3-1-4-10-24;/h1,3-6,9-20,31H,2,7-8,21-23H2,(H,36,39)(H,41,42);1H. The van der Waals surface area contributed by atoms with Crippen molar-refractivity contribution in [2.75, 3.05) is 23.0 Å². The molecule has 1 amide bonds. The number of benzene rings is 4. The molecule has 8 nitrogen and oxygen atoms in total. The van der Waals surface area contributed by atoms with E-state index in [0.717, 1.165) is 37.3 Å². The molecule has 1 aliphatic heterocycles. The van der Waals surface area contributed by atoms with Gasteiger partial charge in [0, 0.05) is 24.2 Å². The van der Waals surface area contributed by atoms with Crippen LogP contribution in [0.25, 0.3) is 0 Å². The highest BCUT2D eigenvalue weighted by Gasteiger charge is 2.23. The molecule has 1 unspecified atom stereocenters. The summed E-state index contributed by atoms with van der Waals surface area (Å²) in [4.78, 5) is 39.9. The number of nitrogens with one attached hydrogen (secondary N) is 1. The Bertz CT molecular complexity index is 1560. The van der Waals surface area contributed by atoms with Gasteiger partial charge in [-0.15, -0.1) is 12.4 Å². The van der Waals surface area contributed by atoms with Crippen LogP contribution in [0.15, 0.2) is 103 Å². The predicted molar refractivity (Wildman–Crippen MR) is 178 cm³/mol. The number of amides is 1. The number of ether oxygens (including phenoxy) is 1. The van der Waals surface area contributed by atoms with E-state index in [1.165, 1.54) is 18.6 Å². The van der Waals surface area contributed by atoms with Gasteiger partial charge in [-0.25, -0.2) is 4.79 Å². The SMILES string of the molecule is Cl.O=C(CC(Br)Oc1ccc(C(=O)O)cc1)NN(c1ccc(C(=O)c2ccccc2)cc1)c1ccccc1N1CCCCC1. The summed E-state index contributed by atoms with van der Waals surface area (Å²) in [6.07, 6.45) is 3.38. The maximum atomic E-state index is 13.4. The summed E-state index contributed by atoms with van der Waals surface area (Å²) in [6, 6.07) is 30.3. The summed E-state index contributed by atoms with van der Waals surface area (Å²) >= 11 is 3.43. The van der Waals surface area contributed by atoms with Crippen LogP contribution in [0.1, 0.15) is 52.0 Å². The molecule has 10 heteroatoms. The minimum absolute atomic E-state index is 0. The summed E-state index contributed by atoms with van der Waals surface area (Å²) in [5, 5.41) is 10.2. The van der Waals surface area contributed by atoms with Gasteiger partial charge < -0.3 is 14.7 Å². The second-order valence-electron chi connectivity index (χ2n) is 10.2. The van der Waals surface area contributed by atoms with E-state index in [9.17, 15) is 14.4 Å². The minimum Gasteiger partial charge on any atom is -0.479 e. The Hall–Kier alpha value is -4.34. The van der Waals surface area contributed by atoms with Crippen LogP contribution < -0.4 is 20.1 Å². The molecule has 5 rings (SSSR count). The summed E-state index contributed by atoms with van der Waals surface area (Å²) in [5.74, 6) is -0.969. The van der Waals surface area contributed by atoms with Crippen LogP contribution in [-0.2, 0) is 4.79 Å². The summed E-state index contributed by atoms with van der Waals surface area (Å²) in [6.45, 7) is 1.86. The molecule has 228 valence electrons. The number of piperidine rings is 1. The molecule has 1 atom stereocenters. The van der Waals surface area contributed by atoms with Gasteiger partial charge >= 0.3 is 5.97 Å². The van der Waals surface area contributed by atoms with Crippen molar-refractivity contribution >= 4 is 63.1 Å². The second-order valence-corrected chi connectivity index (χ2v) is 11.2. The van der Waals surface area contributed by atoms with E-state index in [1.54, 1.807) is 41.4 Å². The van der Waals surface area contributed by atoms with Crippen LogP contribution in [0.4, 0.5) is 17.1 Å². The number of para-hydroxylation sites is 2. The Morgan fingerprint density at radius 1 is 0.795 bits per heavy atom. The number of hydrogen-bond acceptors (Lipinski definition) is 6. The molecule has 0 radical (unpaired) electrons. The summed E-state index contributed by atoms with van der Waals surface area (Å²) < 4.78 is 5.81. The highest BCUT2D eigenvalue weighted by atomic mass is 79.9. The lowest BCUT2D eigenvalue weighted by molar-refractivity contribution is -0.121. The van der Waals surface area contributed by atoms with Gasteiger partial charge in [-0.05, 0) is 95.9 Å². The van der Waals surface area contributed by atoms with Gasteiger partial charge in [-0.2, -0.15) is 0 Å². The third-order valence-electron chi connectivity index (χ3n) is 7.19. The predicted octanol–water partition coefficient (Wildman–Crippen LogP) is 7.39. The largest absolute Gasteiger partial charge is 0.479 e. The fourth-order valence-electron chi connectivity index (χ4n) is 5.02. The van der Waals surface area contributed by atoms with E-state index in [0.29, 0.717) is 22.6 Å². The Morgan fingerprint density at radius 2 is 1.39 bits per heavy atom. The van der Waals surface area contributed by atoms with Crippen molar-refractivity contribution < 1.29 is 24.2 Å². The van der Waals surface area contributed by atoms with E-state index in [1.807, 2.05) is 48.5 Å². The van der Waals surface area contributed by atoms with E-state index in [4.69, 9.17) is 9.84 Å². The lowest BCUT2D eigenvalue weighted by Crippen LogP contribution is -2.41. The molecule has 0 saturated carbocycles. The number of ketones is 1. The Labute approximate surface area is 271 Å². The minimum atomic E-state index is -1.02. The number of anilines is 3. The number of carbonyl (C=O) groups is 3. The highest BCUT2D eigenvalue weighted by Crippen LogP contribution is 2.35. The number of carbonyl (C=O) groups excluding carboxylic acids is 2.